The van der Waals surface area contributed by atoms with E-state index in [9.17, 15) is 0 Å². The van der Waals surface area contributed by atoms with Crippen LogP contribution in [0.1, 0.15) is 5.69 Å². The molecule has 2 heterocycles. The highest BCUT2D eigenvalue weighted by atomic mass is 16.6. The zero-order chi connectivity index (χ0) is 8.39. The Hall–Kier alpha value is -1.83. The van der Waals surface area contributed by atoms with E-state index in [0.717, 1.165) is 0 Å². The number of aromatic nitrogens is 2. The average Bonchev–Trinajstić information content (AvgIpc) is 2.17. The first kappa shape index (κ1) is 6.85. The number of hydrogen-bond acceptors (Lipinski definition) is 5. The summed E-state index contributed by atoms with van der Waals surface area (Å²) in [7, 11) is 0. The van der Waals surface area contributed by atoms with E-state index < -0.39 is 0 Å². The first-order valence-electron chi connectivity index (χ1n) is 3.43. The van der Waals surface area contributed by atoms with Crippen molar-refractivity contribution in [2.24, 2.45) is 0 Å². The highest BCUT2D eigenvalue weighted by molar-refractivity contribution is 5.37. The Kier molecular flexibility index (Phi) is 1.52. The molecule has 5 heteroatoms. The van der Waals surface area contributed by atoms with E-state index in [0.29, 0.717) is 24.8 Å². The van der Waals surface area contributed by atoms with Crippen molar-refractivity contribution >= 4 is 0 Å². The third kappa shape index (κ3) is 1.03. The van der Waals surface area contributed by atoms with Crippen molar-refractivity contribution in [1.82, 2.24) is 10.2 Å². The lowest BCUT2D eigenvalue weighted by atomic mass is 10.4. The molecule has 1 aromatic rings. The quantitative estimate of drug-likeness (QED) is 0.543. The lowest BCUT2D eigenvalue weighted by Gasteiger charge is -2.15. The van der Waals surface area contributed by atoms with Gasteiger partial charge in [0.1, 0.15) is 19.3 Å². The second-order valence-electron chi connectivity index (χ2n) is 2.21. The van der Waals surface area contributed by atoms with Gasteiger partial charge in [0.05, 0.1) is 0 Å². The van der Waals surface area contributed by atoms with Crippen molar-refractivity contribution in [3.8, 4) is 17.7 Å². The standard InChI is InChI=1S/C7H5N3O2/c8-4-5-3-6-7(10-9-5)12-2-1-11-6/h3H,1-2H2. The Labute approximate surface area is 68.5 Å². The monoisotopic (exact) mass is 163 g/mol. The molecule has 5 nitrogen and oxygen atoms in total. The van der Waals surface area contributed by atoms with E-state index in [2.05, 4.69) is 10.2 Å². The fourth-order valence-electron chi connectivity index (χ4n) is 0.911. The summed E-state index contributed by atoms with van der Waals surface area (Å²) >= 11 is 0. The van der Waals surface area contributed by atoms with Gasteiger partial charge in [-0.3, -0.25) is 0 Å². The van der Waals surface area contributed by atoms with Crippen molar-refractivity contribution in [2.75, 3.05) is 13.2 Å². The second kappa shape index (κ2) is 2.66. The fraction of sp³-hybridized carbons (Fsp3) is 0.286. The molecular formula is C7H5N3O2. The summed E-state index contributed by atoms with van der Waals surface area (Å²) < 4.78 is 10.3. The minimum atomic E-state index is 0.235. The van der Waals surface area contributed by atoms with Gasteiger partial charge in [-0.25, -0.2) is 0 Å². The summed E-state index contributed by atoms with van der Waals surface area (Å²) in [6, 6.07) is 3.38. The SMILES string of the molecule is N#Cc1cc2c(nn1)OCCO2. The maximum atomic E-state index is 8.49. The molecule has 0 aliphatic carbocycles. The summed E-state index contributed by atoms with van der Waals surface area (Å²) in [6.07, 6.45) is 0. The van der Waals surface area contributed by atoms with Crippen molar-refractivity contribution in [1.29, 1.82) is 5.26 Å². The molecular weight excluding hydrogens is 158 g/mol. The summed E-state index contributed by atoms with van der Waals surface area (Å²) in [5, 5.41) is 15.8. The van der Waals surface area contributed by atoms with Crippen LogP contribution in [0.4, 0.5) is 0 Å². The van der Waals surface area contributed by atoms with Crippen LogP contribution in [-0.2, 0) is 0 Å². The number of nitrogens with zero attached hydrogens (tertiary/aromatic N) is 3. The number of nitriles is 1. The Bertz CT molecular complexity index is 345. The first-order valence-corrected chi connectivity index (χ1v) is 3.43. The molecule has 0 aromatic carbocycles. The van der Waals surface area contributed by atoms with E-state index in [1.807, 2.05) is 6.07 Å². The summed E-state index contributed by atoms with van der Waals surface area (Å²) in [4.78, 5) is 0. The van der Waals surface area contributed by atoms with E-state index in [1.54, 1.807) is 0 Å². The van der Waals surface area contributed by atoms with E-state index in [4.69, 9.17) is 14.7 Å². The van der Waals surface area contributed by atoms with E-state index in [-0.39, 0.29) is 5.69 Å². The lowest BCUT2D eigenvalue weighted by Crippen LogP contribution is -2.17. The molecule has 0 atom stereocenters. The van der Waals surface area contributed by atoms with Gasteiger partial charge in [-0.2, -0.15) is 5.26 Å². The van der Waals surface area contributed by atoms with Gasteiger partial charge < -0.3 is 9.47 Å². The normalized spacial score (nSPS) is 13.6. The number of fused-ring (bicyclic) bond motifs is 1. The molecule has 0 saturated heterocycles. The lowest BCUT2D eigenvalue weighted by molar-refractivity contribution is 0.162. The Balaban J connectivity index is 2.44. The Morgan fingerprint density at radius 1 is 1.33 bits per heavy atom. The van der Waals surface area contributed by atoms with Crippen LogP contribution in [-0.4, -0.2) is 23.4 Å². The van der Waals surface area contributed by atoms with E-state index in [1.165, 1.54) is 6.07 Å². The van der Waals surface area contributed by atoms with Gasteiger partial charge in [-0.15, -0.1) is 10.2 Å². The van der Waals surface area contributed by atoms with Gasteiger partial charge in [-0.1, -0.05) is 0 Å². The summed E-state index contributed by atoms with van der Waals surface area (Å²) in [5.74, 6) is 0.855. The maximum Gasteiger partial charge on any atom is 0.276 e. The van der Waals surface area contributed by atoms with Gasteiger partial charge in [0.2, 0.25) is 0 Å². The van der Waals surface area contributed by atoms with Gasteiger partial charge >= 0.3 is 0 Å². The van der Waals surface area contributed by atoms with Crippen LogP contribution in [0.25, 0.3) is 0 Å². The molecule has 0 spiro atoms. The minimum Gasteiger partial charge on any atom is -0.484 e. The molecule has 0 amide bonds. The fourth-order valence-corrected chi connectivity index (χ4v) is 0.911. The number of ether oxygens (including phenoxy) is 2. The van der Waals surface area contributed by atoms with Crippen molar-refractivity contribution in [2.45, 2.75) is 0 Å². The van der Waals surface area contributed by atoms with Crippen LogP contribution in [0, 0.1) is 11.3 Å². The maximum absolute atomic E-state index is 8.49. The number of hydrogen-bond donors (Lipinski definition) is 0. The van der Waals surface area contributed by atoms with Crippen LogP contribution in [0.15, 0.2) is 6.07 Å². The average molecular weight is 163 g/mol. The largest absolute Gasteiger partial charge is 0.484 e. The molecule has 12 heavy (non-hydrogen) atoms. The van der Waals surface area contributed by atoms with Crippen LogP contribution in [0.2, 0.25) is 0 Å². The number of rotatable bonds is 0. The molecule has 0 saturated carbocycles. The van der Waals surface area contributed by atoms with Gasteiger partial charge in [0.25, 0.3) is 5.88 Å². The molecule has 2 rings (SSSR count). The molecule has 0 N–H and O–H groups in total. The topological polar surface area (TPSA) is 68.0 Å². The first-order chi connectivity index (χ1) is 5.90. The van der Waals surface area contributed by atoms with Crippen molar-refractivity contribution < 1.29 is 9.47 Å². The zero-order valence-corrected chi connectivity index (χ0v) is 6.15. The van der Waals surface area contributed by atoms with Gasteiger partial charge in [0, 0.05) is 6.07 Å². The molecule has 0 radical (unpaired) electrons. The Morgan fingerprint density at radius 3 is 3.00 bits per heavy atom. The highest BCUT2D eigenvalue weighted by Gasteiger charge is 2.13. The van der Waals surface area contributed by atoms with Crippen LogP contribution < -0.4 is 9.47 Å². The molecule has 1 aliphatic heterocycles. The van der Waals surface area contributed by atoms with Crippen molar-refractivity contribution in [3.63, 3.8) is 0 Å². The van der Waals surface area contributed by atoms with Crippen LogP contribution in [0.3, 0.4) is 0 Å². The third-order valence-corrected chi connectivity index (χ3v) is 1.42. The Morgan fingerprint density at radius 2 is 2.17 bits per heavy atom. The molecule has 1 aliphatic rings. The molecule has 0 unspecified atom stereocenters. The van der Waals surface area contributed by atoms with Crippen molar-refractivity contribution in [3.05, 3.63) is 11.8 Å². The summed E-state index contributed by atoms with van der Waals surface area (Å²) in [5.41, 5.74) is 0.235. The smallest absolute Gasteiger partial charge is 0.276 e. The van der Waals surface area contributed by atoms with Gasteiger partial charge in [-0.05, 0) is 0 Å². The predicted octanol–water partition coefficient (Wildman–Crippen LogP) is 0.119. The predicted molar refractivity (Wildman–Crippen MR) is 37.7 cm³/mol. The van der Waals surface area contributed by atoms with E-state index >= 15 is 0 Å². The zero-order valence-electron chi connectivity index (χ0n) is 6.15. The van der Waals surface area contributed by atoms with Crippen LogP contribution >= 0.6 is 0 Å². The molecule has 60 valence electrons. The highest BCUT2D eigenvalue weighted by Crippen LogP contribution is 2.26. The third-order valence-electron chi connectivity index (χ3n) is 1.42. The summed E-state index contributed by atoms with van der Waals surface area (Å²) in [6.45, 7) is 0.969. The molecule has 1 aromatic heterocycles. The second-order valence-corrected chi connectivity index (χ2v) is 2.21. The molecule has 0 fully saturated rings. The minimum absolute atomic E-state index is 0.235. The van der Waals surface area contributed by atoms with Gasteiger partial charge in [0.15, 0.2) is 11.4 Å². The van der Waals surface area contributed by atoms with Crippen LogP contribution in [0.5, 0.6) is 11.6 Å². The molecule has 0 bridgehead atoms.